The van der Waals surface area contributed by atoms with Gasteiger partial charge in [-0.3, -0.25) is 0 Å². The van der Waals surface area contributed by atoms with E-state index in [2.05, 4.69) is 0 Å². The molecule has 13 heavy (non-hydrogen) atoms. The molecule has 0 aliphatic heterocycles. The predicted molar refractivity (Wildman–Crippen MR) is 49.4 cm³/mol. The first-order chi connectivity index (χ1) is 6.24. The highest BCUT2D eigenvalue weighted by molar-refractivity contribution is 6.32. The summed E-state index contributed by atoms with van der Waals surface area (Å²) in [7, 11) is 0. The van der Waals surface area contributed by atoms with Crippen molar-refractivity contribution in [3.05, 3.63) is 33.8 Å². The molecule has 2 nitrogen and oxygen atoms in total. The summed E-state index contributed by atoms with van der Waals surface area (Å²) in [6.07, 6.45) is 1.08. The Morgan fingerprint density at radius 3 is 3.00 bits per heavy atom. The molecule has 2 rings (SSSR count). The zero-order valence-corrected chi connectivity index (χ0v) is 7.67. The van der Waals surface area contributed by atoms with Gasteiger partial charge in [-0.25, -0.2) is 0 Å². The third-order valence-electron chi connectivity index (χ3n) is 2.43. The minimum absolute atomic E-state index is 0.403. The van der Waals surface area contributed by atoms with Crippen LogP contribution in [-0.2, 0) is 6.42 Å². The molecule has 0 amide bonds. The van der Waals surface area contributed by atoms with Gasteiger partial charge in [0, 0.05) is 0 Å². The monoisotopic (exact) mass is 193 g/mol. The van der Waals surface area contributed by atoms with Crippen LogP contribution in [0.4, 0.5) is 0 Å². The van der Waals surface area contributed by atoms with Crippen molar-refractivity contribution >= 4 is 11.6 Å². The summed E-state index contributed by atoms with van der Waals surface area (Å²) in [5, 5.41) is 18.8. The standard InChI is InChI=1S/C10H8ClNO/c11-10-6(5-12)1-2-7-8(10)3-4-9(7)13/h1-2,9,13H,3-4H2/t9-/m1/s1. The Balaban J connectivity index is 2.62. The Morgan fingerprint density at radius 2 is 2.31 bits per heavy atom. The normalized spacial score (nSPS) is 19.6. The molecule has 0 saturated carbocycles. The average Bonchev–Trinajstić information content (AvgIpc) is 2.50. The molecule has 0 fully saturated rings. The molecule has 1 aromatic rings. The van der Waals surface area contributed by atoms with Crippen molar-refractivity contribution in [1.29, 1.82) is 5.26 Å². The molecular weight excluding hydrogens is 186 g/mol. The second-order valence-electron chi connectivity index (χ2n) is 3.16. The first-order valence-corrected chi connectivity index (χ1v) is 4.51. The molecule has 0 bridgehead atoms. The molecule has 1 atom stereocenters. The fraction of sp³-hybridized carbons (Fsp3) is 0.300. The topological polar surface area (TPSA) is 44.0 Å². The number of aliphatic hydroxyl groups is 1. The molecule has 1 aliphatic rings. The van der Waals surface area contributed by atoms with E-state index in [1.54, 1.807) is 12.1 Å². The van der Waals surface area contributed by atoms with Gasteiger partial charge < -0.3 is 5.11 Å². The number of aliphatic hydroxyl groups excluding tert-OH is 1. The maximum atomic E-state index is 9.53. The van der Waals surface area contributed by atoms with Gasteiger partial charge in [0.15, 0.2) is 0 Å². The van der Waals surface area contributed by atoms with Crippen molar-refractivity contribution in [1.82, 2.24) is 0 Å². The minimum atomic E-state index is -0.403. The first kappa shape index (κ1) is 8.55. The van der Waals surface area contributed by atoms with E-state index in [9.17, 15) is 5.11 Å². The summed E-state index contributed by atoms with van der Waals surface area (Å²) in [4.78, 5) is 0. The maximum absolute atomic E-state index is 9.53. The Kier molecular flexibility index (Phi) is 1.99. The molecular formula is C10H8ClNO. The Hall–Kier alpha value is -1.04. The van der Waals surface area contributed by atoms with Crippen molar-refractivity contribution in [3.8, 4) is 6.07 Å². The molecule has 66 valence electrons. The first-order valence-electron chi connectivity index (χ1n) is 4.13. The van der Waals surface area contributed by atoms with E-state index in [0.29, 0.717) is 17.0 Å². The highest BCUT2D eigenvalue weighted by atomic mass is 35.5. The van der Waals surface area contributed by atoms with Crippen molar-refractivity contribution in [2.75, 3.05) is 0 Å². The number of nitrogens with zero attached hydrogens (tertiary/aromatic N) is 1. The minimum Gasteiger partial charge on any atom is -0.388 e. The molecule has 0 unspecified atom stereocenters. The third-order valence-corrected chi connectivity index (χ3v) is 2.86. The van der Waals surface area contributed by atoms with Gasteiger partial charge in [-0.05, 0) is 30.0 Å². The second-order valence-corrected chi connectivity index (χ2v) is 3.54. The Morgan fingerprint density at radius 1 is 1.54 bits per heavy atom. The van der Waals surface area contributed by atoms with Crippen LogP contribution >= 0.6 is 11.6 Å². The molecule has 1 aromatic carbocycles. The average molecular weight is 194 g/mol. The van der Waals surface area contributed by atoms with Crippen LogP contribution < -0.4 is 0 Å². The van der Waals surface area contributed by atoms with Gasteiger partial charge in [0.2, 0.25) is 0 Å². The van der Waals surface area contributed by atoms with E-state index >= 15 is 0 Å². The van der Waals surface area contributed by atoms with Gasteiger partial charge >= 0.3 is 0 Å². The molecule has 1 N–H and O–H groups in total. The number of hydrogen-bond acceptors (Lipinski definition) is 2. The van der Waals surface area contributed by atoms with Crippen LogP contribution in [0.2, 0.25) is 5.02 Å². The van der Waals surface area contributed by atoms with Crippen LogP contribution in [0.3, 0.4) is 0 Å². The molecule has 0 saturated heterocycles. The number of benzene rings is 1. The van der Waals surface area contributed by atoms with Gasteiger partial charge in [-0.15, -0.1) is 0 Å². The van der Waals surface area contributed by atoms with Crippen LogP contribution in [0.25, 0.3) is 0 Å². The number of halogens is 1. The zero-order chi connectivity index (χ0) is 9.42. The Labute approximate surface area is 81.4 Å². The van der Waals surface area contributed by atoms with Gasteiger partial charge in [0.25, 0.3) is 0 Å². The van der Waals surface area contributed by atoms with Crippen molar-refractivity contribution < 1.29 is 5.11 Å². The van der Waals surface area contributed by atoms with E-state index in [0.717, 1.165) is 17.5 Å². The van der Waals surface area contributed by atoms with Gasteiger partial charge in [-0.2, -0.15) is 5.26 Å². The molecule has 0 aromatic heterocycles. The van der Waals surface area contributed by atoms with E-state index < -0.39 is 6.10 Å². The summed E-state index contributed by atoms with van der Waals surface area (Å²) in [5.41, 5.74) is 2.31. The van der Waals surface area contributed by atoms with E-state index in [4.69, 9.17) is 16.9 Å². The van der Waals surface area contributed by atoms with Gasteiger partial charge in [-0.1, -0.05) is 17.7 Å². The molecule has 0 heterocycles. The lowest BCUT2D eigenvalue weighted by atomic mass is 10.1. The van der Waals surface area contributed by atoms with Crippen molar-refractivity contribution in [2.45, 2.75) is 18.9 Å². The zero-order valence-electron chi connectivity index (χ0n) is 6.92. The van der Waals surface area contributed by atoms with Crippen LogP contribution in [0.15, 0.2) is 12.1 Å². The summed E-state index contributed by atoms with van der Waals surface area (Å²) in [6.45, 7) is 0. The lowest BCUT2D eigenvalue weighted by molar-refractivity contribution is 0.180. The fourth-order valence-electron chi connectivity index (χ4n) is 1.73. The third kappa shape index (κ3) is 1.21. The summed E-state index contributed by atoms with van der Waals surface area (Å²) >= 11 is 5.99. The van der Waals surface area contributed by atoms with Crippen LogP contribution in [0, 0.1) is 11.3 Å². The molecule has 1 aliphatic carbocycles. The largest absolute Gasteiger partial charge is 0.388 e. The second kappa shape index (κ2) is 3.02. The number of rotatable bonds is 0. The SMILES string of the molecule is N#Cc1ccc2c(c1Cl)CC[C@H]2O. The molecule has 0 spiro atoms. The number of fused-ring (bicyclic) bond motifs is 1. The van der Waals surface area contributed by atoms with Crippen molar-refractivity contribution in [3.63, 3.8) is 0 Å². The van der Waals surface area contributed by atoms with Crippen LogP contribution in [0.5, 0.6) is 0 Å². The van der Waals surface area contributed by atoms with Gasteiger partial charge in [0.05, 0.1) is 16.7 Å². The van der Waals surface area contributed by atoms with Crippen molar-refractivity contribution in [2.24, 2.45) is 0 Å². The lowest BCUT2D eigenvalue weighted by Crippen LogP contribution is -1.91. The highest BCUT2D eigenvalue weighted by Gasteiger charge is 2.23. The summed E-state index contributed by atoms with van der Waals surface area (Å²) < 4.78 is 0. The number of nitriles is 1. The lowest BCUT2D eigenvalue weighted by Gasteiger charge is -2.05. The molecule has 3 heteroatoms. The highest BCUT2D eigenvalue weighted by Crippen LogP contribution is 2.36. The Bertz CT molecular complexity index is 395. The van der Waals surface area contributed by atoms with E-state index in [1.807, 2.05) is 6.07 Å². The quantitative estimate of drug-likeness (QED) is 0.687. The maximum Gasteiger partial charge on any atom is 0.101 e. The van der Waals surface area contributed by atoms with Crippen LogP contribution in [-0.4, -0.2) is 5.11 Å². The summed E-state index contributed by atoms with van der Waals surface area (Å²) in [5.74, 6) is 0. The predicted octanol–water partition coefficient (Wildman–Crippen LogP) is 2.19. The molecule has 0 radical (unpaired) electrons. The van der Waals surface area contributed by atoms with E-state index in [1.165, 1.54) is 0 Å². The van der Waals surface area contributed by atoms with Gasteiger partial charge in [0.1, 0.15) is 6.07 Å². The smallest absolute Gasteiger partial charge is 0.101 e. The van der Waals surface area contributed by atoms with E-state index in [-0.39, 0.29) is 0 Å². The number of hydrogen-bond donors (Lipinski definition) is 1. The fourth-order valence-corrected chi connectivity index (χ4v) is 2.03. The van der Waals surface area contributed by atoms with Crippen LogP contribution in [0.1, 0.15) is 29.2 Å². The summed E-state index contributed by atoms with van der Waals surface area (Å²) in [6, 6.07) is 5.48.